The third-order valence-electron chi connectivity index (χ3n) is 17.8. The lowest BCUT2D eigenvalue weighted by Gasteiger charge is -2.21. The quantitative estimate of drug-likeness (QED) is 0.0222. The van der Waals surface area contributed by atoms with Gasteiger partial charge in [-0.15, -0.1) is 0 Å². The van der Waals surface area contributed by atoms with Crippen molar-refractivity contribution < 1.29 is 80.2 Å². The van der Waals surface area contributed by atoms with Crippen LogP contribution in [-0.2, 0) is 65.4 Å². The van der Waals surface area contributed by atoms with Gasteiger partial charge in [-0.25, -0.2) is 9.13 Å². The second kappa shape index (κ2) is 69.2. The van der Waals surface area contributed by atoms with Gasteiger partial charge in [0, 0.05) is 25.7 Å². The molecule has 0 heterocycles. The highest BCUT2D eigenvalue weighted by molar-refractivity contribution is 7.47. The highest BCUT2D eigenvalue weighted by atomic mass is 31.2. The molecule has 95 heavy (non-hydrogen) atoms. The molecule has 0 aromatic rings. The van der Waals surface area contributed by atoms with Crippen molar-refractivity contribution in [3.05, 3.63) is 0 Å². The van der Waals surface area contributed by atoms with Gasteiger partial charge in [0.15, 0.2) is 12.2 Å². The van der Waals surface area contributed by atoms with Crippen LogP contribution in [0.3, 0.4) is 0 Å². The Morgan fingerprint density at radius 3 is 0.716 bits per heavy atom. The van der Waals surface area contributed by atoms with E-state index in [0.29, 0.717) is 25.7 Å². The molecule has 0 aliphatic rings. The van der Waals surface area contributed by atoms with E-state index >= 15 is 0 Å². The molecule has 19 heteroatoms. The first-order valence-corrected chi connectivity index (χ1v) is 42.6. The summed E-state index contributed by atoms with van der Waals surface area (Å²) in [7, 11) is -9.90. The van der Waals surface area contributed by atoms with Crippen LogP contribution in [-0.4, -0.2) is 96.7 Å². The lowest BCUT2D eigenvalue weighted by molar-refractivity contribution is -0.161. The number of phosphoric ester groups is 2. The monoisotopic (exact) mass is 1400 g/mol. The summed E-state index contributed by atoms with van der Waals surface area (Å²) >= 11 is 0. The second-order valence-corrected chi connectivity index (χ2v) is 30.8. The minimum absolute atomic E-state index is 0.107. The third kappa shape index (κ3) is 70.3. The highest BCUT2D eigenvalue weighted by Crippen LogP contribution is 2.45. The lowest BCUT2D eigenvalue weighted by Crippen LogP contribution is -2.30. The van der Waals surface area contributed by atoms with Crippen molar-refractivity contribution in [2.45, 2.75) is 419 Å². The van der Waals surface area contributed by atoms with Crippen LogP contribution in [0.15, 0.2) is 0 Å². The van der Waals surface area contributed by atoms with Crippen molar-refractivity contribution in [2.75, 3.05) is 39.6 Å². The van der Waals surface area contributed by atoms with Crippen molar-refractivity contribution in [3.63, 3.8) is 0 Å². The predicted octanol–water partition coefficient (Wildman–Crippen LogP) is 22.5. The van der Waals surface area contributed by atoms with Gasteiger partial charge in [0.25, 0.3) is 0 Å². The van der Waals surface area contributed by atoms with Crippen LogP contribution >= 0.6 is 15.6 Å². The van der Waals surface area contributed by atoms with E-state index in [1.54, 1.807) is 0 Å². The van der Waals surface area contributed by atoms with Gasteiger partial charge in [0.05, 0.1) is 26.4 Å². The van der Waals surface area contributed by atoms with E-state index in [0.717, 1.165) is 102 Å². The van der Waals surface area contributed by atoms with Gasteiger partial charge < -0.3 is 33.8 Å². The van der Waals surface area contributed by atoms with Crippen LogP contribution < -0.4 is 0 Å². The number of carbonyl (C=O) groups excluding carboxylic acids is 4. The van der Waals surface area contributed by atoms with Crippen LogP contribution in [0.5, 0.6) is 0 Å². The second-order valence-electron chi connectivity index (χ2n) is 27.9. The van der Waals surface area contributed by atoms with E-state index in [2.05, 4.69) is 34.6 Å². The van der Waals surface area contributed by atoms with Gasteiger partial charge in [-0.3, -0.25) is 37.3 Å². The summed E-state index contributed by atoms with van der Waals surface area (Å²) in [6.07, 6.45) is 58.8. The number of carbonyl (C=O) groups is 4. The number of aliphatic hydroxyl groups is 1. The van der Waals surface area contributed by atoms with Gasteiger partial charge in [-0.1, -0.05) is 349 Å². The van der Waals surface area contributed by atoms with E-state index in [1.165, 1.54) is 218 Å². The van der Waals surface area contributed by atoms with Gasteiger partial charge in [0.2, 0.25) is 0 Å². The zero-order valence-electron chi connectivity index (χ0n) is 61.8. The summed E-state index contributed by atoms with van der Waals surface area (Å²) in [4.78, 5) is 72.5. The van der Waals surface area contributed by atoms with Gasteiger partial charge in [-0.05, 0) is 31.6 Å². The first-order chi connectivity index (χ1) is 46.0. The number of esters is 4. The predicted molar refractivity (Wildman–Crippen MR) is 386 cm³/mol. The van der Waals surface area contributed by atoms with Crippen molar-refractivity contribution in [1.29, 1.82) is 0 Å². The van der Waals surface area contributed by atoms with Crippen molar-refractivity contribution in [3.8, 4) is 0 Å². The van der Waals surface area contributed by atoms with Crippen LogP contribution in [0.25, 0.3) is 0 Å². The van der Waals surface area contributed by atoms with Gasteiger partial charge in [-0.2, -0.15) is 0 Å². The van der Waals surface area contributed by atoms with Crippen LogP contribution in [0.2, 0.25) is 0 Å². The maximum atomic E-state index is 13.1. The molecule has 0 aromatic heterocycles. The number of aliphatic hydroxyl groups excluding tert-OH is 1. The number of ether oxygens (including phenoxy) is 4. The first-order valence-electron chi connectivity index (χ1n) is 39.6. The third-order valence-corrected chi connectivity index (χ3v) is 19.7. The molecule has 2 unspecified atom stereocenters. The molecular weight excluding hydrogens is 1250 g/mol. The molecule has 0 saturated carbocycles. The molecule has 0 aliphatic heterocycles. The largest absolute Gasteiger partial charge is 0.472 e. The molecule has 0 bridgehead atoms. The van der Waals surface area contributed by atoms with E-state index in [-0.39, 0.29) is 25.7 Å². The molecule has 0 aliphatic carbocycles. The summed E-state index contributed by atoms with van der Waals surface area (Å²) in [5.41, 5.74) is 0. The molecule has 17 nitrogen and oxygen atoms in total. The Bertz CT molecular complexity index is 1820. The Morgan fingerprint density at radius 2 is 0.484 bits per heavy atom. The lowest BCUT2D eigenvalue weighted by atomic mass is 10.0. The molecule has 0 rings (SSSR count). The van der Waals surface area contributed by atoms with Crippen molar-refractivity contribution >= 4 is 39.5 Å². The summed E-state index contributed by atoms with van der Waals surface area (Å²) in [5.74, 6) is -1.34. The Hall–Kier alpha value is -1.94. The van der Waals surface area contributed by atoms with Gasteiger partial charge >= 0.3 is 39.5 Å². The Morgan fingerprint density at radius 1 is 0.284 bits per heavy atom. The van der Waals surface area contributed by atoms with E-state index in [1.807, 2.05) is 0 Å². The minimum atomic E-state index is -4.95. The van der Waals surface area contributed by atoms with Gasteiger partial charge in [0.1, 0.15) is 19.3 Å². The summed E-state index contributed by atoms with van der Waals surface area (Å²) < 4.78 is 68.3. The highest BCUT2D eigenvalue weighted by Gasteiger charge is 2.30. The topological polar surface area (TPSA) is 237 Å². The molecule has 564 valence electrons. The van der Waals surface area contributed by atoms with Crippen LogP contribution in [0, 0.1) is 5.92 Å². The number of unbranched alkanes of at least 4 members (excludes halogenated alkanes) is 48. The molecular formula is C76H148O17P2. The van der Waals surface area contributed by atoms with E-state index < -0.39 is 97.5 Å². The number of hydrogen-bond acceptors (Lipinski definition) is 15. The standard InChI is InChI=1S/C76H148O17P2/c1-6-9-12-15-17-19-21-23-24-25-26-27-28-29-30-31-33-39-43-47-52-57-62-76(81)93-72(66-87-74(79)60-55-50-45-41-37-35-34-36-40-44-49-53-58-69(4)5)68-91-95(84,85)89-64-70(77)63-88-94(82,83)90-67-71(65-86-73(78)59-54-48-14-11-8-3)92-75(80)61-56-51-46-42-38-32-22-20-18-16-13-10-7-2/h69-72,77H,6-68H2,1-5H3,(H,82,83)(H,84,85)/t70-,71+,72+/m0/s1. The fourth-order valence-corrected chi connectivity index (χ4v) is 13.3. The number of rotatable bonds is 76. The molecule has 0 saturated heterocycles. The molecule has 0 aromatic carbocycles. The van der Waals surface area contributed by atoms with Crippen LogP contribution in [0.4, 0.5) is 0 Å². The molecule has 0 fully saturated rings. The van der Waals surface area contributed by atoms with Crippen LogP contribution in [0.1, 0.15) is 401 Å². The van der Waals surface area contributed by atoms with E-state index in [4.69, 9.17) is 37.0 Å². The first kappa shape index (κ1) is 93.1. The molecule has 3 N–H and O–H groups in total. The zero-order chi connectivity index (χ0) is 69.8. The normalized spacial score (nSPS) is 13.9. The average Bonchev–Trinajstić information content (AvgIpc) is 2.59. The maximum absolute atomic E-state index is 13.1. The summed E-state index contributed by atoms with van der Waals surface area (Å²) in [6.45, 7) is 7.21. The fourth-order valence-electron chi connectivity index (χ4n) is 11.7. The molecule has 0 radical (unpaired) electrons. The Kier molecular flexibility index (Phi) is 67.7. The Labute approximate surface area is 581 Å². The van der Waals surface area contributed by atoms with Crippen molar-refractivity contribution in [1.82, 2.24) is 0 Å². The number of phosphoric acid groups is 2. The molecule has 0 amide bonds. The van der Waals surface area contributed by atoms with E-state index in [9.17, 15) is 43.2 Å². The number of hydrogen-bond donors (Lipinski definition) is 3. The minimum Gasteiger partial charge on any atom is -0.462 e. The molecule has 5 atom stereocenters. The maximum Gasteiger partial charge on any atom is 0.472 e. The SMILES string of the molecule is CCCCCCCCCCCCCCCCCCCCCCCCC(=O)O[C@H](COC(=O)CCCCCCCCCCCCCCC(C)C)COP(=O)(O)OC[C@@H](O)COP(=O)(O)OC[C@@H](COC(=O)CCCCCCC)OC(=O)CCCCCCCCCCCCCCC. The average molecular weight is 1400 g/mol. The summed E-state index contributed by atoms with van der Waals surface area (Å²) in [6, 6.07) is 0. The fraction of sp³-hybridized carbons (Fsp3) is 0.947. The Balaban J connectivity index is 5.11. The smallest absolute Gasteiger partial charge is 0.462 e. The molecule has 0 spiro atoms. The zero-order valence-corrected chi connectivity index (χ0v) is 63.6. The summed E-state index contributed by atoms with van der Waals surface area (Å²) in [5, 5.41) is 10.6. The van der Waals surface area contributed by atoms with Crippen molar-refractivity contribution in [2.24, 2.45) is 5.92 Å².